The summed E-state index contributed by atoms with van der Waals surface area (Å²) in [6.07, 6.45) is 4.12. The van der Waals surface area contributed by atoms with E-state index in [1.807, 2.05) is 12.4 Å². The number of rotatable bonds is 3. The average Bonchev–Trinajstić information content (AvgIpc) is 3.00. The average molecular weight is 249 g/mol. The fraction of sp³-hybridized carbons (Fsp3) is 0.417. The van der Waals surface area contributed by atoms with Gasteiger partial charge in [0.05, 0.1) is 24.1 Å². The molecule has 3 rings (SSSR count). The van der Waals surface area contributed by atoms with Gasteiger partial charge in [0.15, 0.2) is 0 Å². The number of nitrogens with one attached hydrogen (secondary N) is 1. The van der Waals surface area contributed by atoms with Crippen molar-refractivity contribution in [3.05, 3.63) is 29.9 Å². The number of imidazole rings is 1. The van der Waals surface area contributed by atoms with E-state index in [1.54, 1.807) is 11.3 Å². The Labute approximate surface area is 104 Å². The second kappa shape index (κ2) is 5.00. The Kier molecular flexibility index (Phi) is 3.22. The molecule has 1 fully saturated rings. The first-order chi connectivity index (χ1) is 8.43. The van der Waals surface area contributed by atoms with E-state index in [0.717, 1.165) is 32.1 Å². The molecule has 90 valence electrons. The molecule has 1 unspecified atom stereocenters. The van der Waals surface area contributed by atoms with Gasteiger partial charge < -0.3 is 14.6 Å². The number of aromatic nitrogens is 2. The third-order valence-electron chi connectivity index (χ3n) is 2.86. The Hall–Kier alpha value is -1.17. The summed E-state index contributed by atoms with van der Waals surface area (Å²) in [7, 11) is 0. The highest BCUT2D eigenvalue weighted by molar-refractivity contribution is 7.13. The largest absolute Gasteiger partial charge is 0.374 e. The molecule has 3 heterocycles. The molecule has 1 N–H and O–H groups in total. The summed E-state index contributed by atoms with van der Waals surface area (Å²) in [6, 6.07) is 4.15. The van der Waals surface area contributed by atoms with Crippen molar-refractivity contribution in [2.24, 2.45) is 0 Å². The maximum atomic E-state index is 5.72. The van der Waals surface area contributed by atoms with Crippen molar-refractivity contribution >= 4 is 11.3 Å². The molecule has 0 aliphatic carbocycles. The van der Waals surface area contributed by atoms with E-state index in [1.165, 1.54) is 4.88 Å². The Bertz CT molecular complexity index is 460. The Morgan fingerprint density at radius 2 is 2.59 bits per heavy atom. The Morgan fingerprint density at radius 3 is 3.35 bits per heavy atom. The Morgan fingerprint density at radius 1 is 1.59 bits per heavy atom. The zero-order valence-corrected chi connectivity index (χ0v) is 10.3. The van der Waals surface area contributed by atoms with Crippen molar-refractivity contribution in [1.29, 1.82) is 0 Å². The van der Waals surface area contributed by atoms with Crippen molar-refractivity contribution in [2.45, 2.75) is 12.6 Å². The summed E-state index contributed by atoms with van der Waals surface area (Å²) in [5, 5.41) is 5.42. The fourth-order valence-corrected chi connectivity index (χ4v) is 2.78. The predicted molar refractivity (Wildman–Crippen MR) is 68.1 cm³/mol. The molecule has 0 amide bonds. The molecular formula is C12H15N3OS. The van der Waals surface area contributed by atoms with Crippen molar-refractivity contribution < 1.29 is 4.74 Å². The van der Waals surface area contributed by atoms with Gasteiger partial charge in [0.2, 0.25) is 0 Å². The SMILES string of the molecule is c1csc(-c2nccn2CC2CNCCO2)c1. The molecule has 1 aliphatic heterocycles. The molecule has 2 aromatic rings. The highest BCUT2D eigenvalue weighted by Gasteiger charge is 2.16. The van der Waals surface area contributed by atoms with E-state index in [2.05, 4.69) is 32.4 Å². The van der Waals surface area contributed by atoms with Crippen LogP contribution in [0.5, 0.6) is 0 Å². The van der Waals surface area contributed by atoms with Gasteiger partial charge in [0, 0.05) is 25.5 Å². The van der Waals surface area contributed by atoms with Crippen LogP contribution in [0.2, 0.25) is 0 Å². The summed E-state index contributed by atoms with van der Waals surface area (Å²) in [4.78, 5) is 5.63. The summed E-state index contributed by atoms with van der Waals surface area (Å²) < 4.78 is 7.89. The molecule has 2 aromatic heterocycles. The maximum absolute atomic E-state index is 5.72. The zero-order valence-electron chi connectivity index (χ0n) is 9.50. The lowest BCUT2D eigenvalue weighted by Crippen LogP contribution is -2.40. The van der Waals surface area contributed by atoms with Gasteiger partial charge in [-0.3, -0.25) is 0 Å². The van der Waals surface area contributed by atoms with Crippen LogP contribution in [0.1, 0.15) is 0 Å². The van der Waals surface area contributed by atoms with E-state index in [9.17, 15) is 0 Å². The third kappa shape index (κ3) is 2.41. The van der Waals surface area contributed by atoms with E-state index in [4.69, 9.17) is 4.74 Å². The van der Waals surface area contributed by atoms with Crippen LogP contribution in [-0.2, 0) is 11.3 Å². The predicted octanol–water partition coefficient (Wildman–Crippen LogP) is 1.60. The van der Waals surface area contributed by atoms with Crippen LogP contribution < -0.4 is 5.32 Å². The first-order valence-electron chi connectivity index (χ1n) is 5.81. The van der Waals surface area contributed by atoms with Crippen LogP contribution in [0.25, 0.3) is 10.7 Å². The molecule has 5 heteroatoms. The van der Waals surface area contributed by atoms with Gasteiger partial charge in [-0.05, 0) is 11.4 Å². The van der Waals surface area contributed by atoms with Crippen LogP contribution >= 0.6 is 11.3 Å². The minimum absolute atomic E-state index is 0.247. The second-order valence-electron chi connectivity index (χ2n) is 4.08. The number of hydrogen-bond acceptors (Lipinski definition) is 4. The highest BCUT2D eigenvalue weighted by Crippen LogP contribution is 2.23. The van der Waals surface area contributed by atoms with Crippen molar-refractivity contribution in [1.82, 2.24) is 14.9 Å². The van der Waals surface area contributed by atoms with Crippen LogP contribution in [0, 0.1) is 0 Å². The zero-order chi connectivity index (χ0) is 11.5. The van der Waals surface area contributed by atoms with E-state index in [0.29, 0.717) is 0 Å². The molecule has 17 heavy (non-hydrogen) atoms. The lowest BCUT2D eigenvalue weighted by atomic mass is 10.3. The normalized spacial score (nSPS) is 20.6. The quantitative estimate of drug-likeness (QED) is 0.898. The van der Waals surface area contributed by atoms with Gasteiger partial charge in [0.25, 0.3) is 0 Å². The molecule has 0 radical (unpaired) electrons. The first kappa shape index (κ1) is 11.0. The maximum Gasteiger partial charge on any atom is 0.150 e. The van der Waals surface area contributed by atoms with E-state index >= 15 is 0 Å². The van der Waals surface area contributed by atoms with Gasteiger partial charge in [-0.1, -0.05) is 6.07 Å². The first-order valence-corrected chi connectivity index (χ1v) is 6.69. The lowest BCUT2D eigenvalue weighted by molar-refractivity contribution is 0.0185. The summed E-state index contributed by atoms with van der Waals surface area (Å²) in [6.45, 7) is 3.54. The Balaban J connectivity index is 1.77. The van der Waals surface area contributed by atoms with Crippen LogP contribution in [0.3, 0.4) is 0 Å². The summed E-state index contributed by atoms with van der Waals surface area (Å²) >= 11 is 1.72. The van der Waals surface area contributed by atoms with Crippen molar-refractivity contribution in [3.63, 3.8) is 0 Å². The minimum atomic E-state index is 0.247. The molecule has 1 saturated heterocycles. The highest BCUT2D eigenvalue weighted by atomic mass is 32.1. The number of morpholine rings is 1. The number of ether oxygens (including phenoxy) is 1. The van der Waals surface area contributed by atoms with Crippen molar-refractivity contribution in [2.75, 3.05) is 19.7 Å². The van der Waals surface area contributed by atoms with E-state index in [-0.39, 0.29) is 6.10 Å². The molecular weight excluding hydrogens is 234 g/mol. The molecule has 0 bridgehead atoms. The molecule has 1 atom stereocenters. The smallest absolute Gasteiger partial charge is 0.150 e. The summed E-state index contributed by atoms with van der Waals surface area (Å²) in [5.74, 6) is 1.04. The van der Waals surface area contributed by atoms with E-state index < -0.39 is 0 Å². The molecule has 0 saturated carbocycles. The third-order valence-corrected chi connectivity index (χ3v) is 3.73. The van der Waals surface area contributed by atoms with Gasteiger partial charge in [-0.2, -0.15) is 0 Å². The van der Waals surface area contributed by atoms with Gasteiger partial charge >= 0.3 is 0 Å². The van der Waals surface area contributed by atoms with Crippen molar-refractivity contribution in [3.8, 4) is 10.7 Å². The topological polar surface area (TPSA) is 39.1 Å². The van der Waals surface area contributed by atoms with Crippen LogP contribution in [0.15, 0.2) is 29.9 Å². The monoisotopic (exact) mass is 249 g/mol. The number of hydrogen-bond donors (Lipinski definition) is 1. The lowest BCUT2D eigenvalue weighted by Gasteiger charge is -2.24. The molecule has 0 aromatic carbocycles. The number of thiophene rings is 1. The minimum Gasteiger partial charge on any atom is -0.374 e. The second-order valence-corrected chi connectivity index (χ2v) is 5.03. The summed E-state index contributed by atoms with van der Waals surface area (Å²) in [5.41, 5.74) is 0. The van der Waals surface area contributed by atoms with Gasteiger partial charge in [-0.15, -0.1) is 11.3 Å². The van der Waals surface area contributed by atoms with Crippen LogP contribution in [-0.4, -0.2) is 35.4 Å². The van der Waals surface area contributed by atoms with Gasteiger partial charge in [0.1, 0.15) is 5.82 Å². The number of nitrogens with zero attached hydrogens (tertiary/aromatic N) is 2. The fourth-order valence-electron chi connectivity index (χ4n) is 2.04. The van der Waals surface area contributed by atoms with Crippen LogP contribution in [0.4, 0.5) is 0 Å². The van der Waals surface area contributed by atoms with Gasteiger partial charge in [-0.25, -0.2) is 4.98 Å². The molecule has 1 aliphatic rings. The molecule has 4 nitrogen and oxygen atoms in total. The molecule has 0 spiro atoms. The standard InChI is InChI=1S/C12H15N3OS/c1-2-11(17-7-1)12-14-3-5-15(12)9-10-8-13-4-6-16-10/h1-3,5,7,10,13H,4,6,8-9H2.